The topological polar surface area (TPSA) is 74.2 Å². The summed E-state index contributed by atoms with van der Waals surface area (Å²) in [5.41, 5.74) is 3.47. The van der Waals surface area contributed by atoms with Gasteiger partial charge in [-0.3, -0.25) is 4.98 Å². The number of aliphatic hydroxyl groups excluding tert-OH is 1. The molecule has 2 aromatic carbocycles. The van der Waals surface area contributed by atoms with Gasteiger partial charge >= 0.3 is 6.03 Å². The van der Waals surface area contributed by atoms with E-state index in [0.717, 1.165) is 16.8 Å². The fraction of sp³-hybridized carbons (Fsp3) is 0.143. The summed E-state index contributed by atoms with van der Waals surface area (Å²) in [5, 5.41) is 15.1. The summed E-state index contributed by atoms with van der Waals surface area (Å²) in [4.78, 5) is 16.6. The maximum Gasteiger partial charge on any atom is 0.319 e. The zero-order valence-corrected chi connectivity index (χ0v) is 14.3. The second-order valence-electron chi connectivity index (χ2n) is 5.96. The van der Waals surface area contributed by atoms with Gasteiger partial charge in [0.25, 0.3) is 0 Å². The van der Waals surface area contributed by atoms with E-state index in [4.69, 9.17) is 0 Å². The minimum absolute atomic E-state index is 0.131. The molecule has 1 aromatic heterocycles. The minimum Gasteiger partial charge on any atom is -0.394 e. The zero-order valence-electron chi connectivity index (χ0n) is 14.3. The lowest BCUT2D eigenvalue weighted by molar-refractivity contribution is 0.224. The molecule has 0 unspecified atom stereocenters. The highest BCUT2D eigenvalue weighted by Crippen LogP contribution is 2.19. The summed E-state index contributed by atoms with van der Waals surface area (Å²) < 4.78 is 0. The van der Waals surface area contributed by atoms with Gasteiger partial charge < -0.3 is 15.7 Å². The molecule has 5 nitrogen and oxygen atoms in total. The Morgan fingerprint density at radius 1 is 1.00 bits per heavy atom. The van der Waals surface area contributed by atoms with E-state index in [9.17, 15) is 9.90 Å². The number of hydrogen-bond acceptors (Lipinski definition) is 3. The number of nitrogens with one attached hydrogen (secondary N) is 2. The highest BCUT2D eigenvalue weighted by atomic mass is 16.3. The van der Waals surface area contributed by atoms with Crippen molar-refractivity contribution >= 4 is 11.7 Å². The monoisotopic (exact) mass is 347 g/mol. The molecule has 5 heteroatoms. The van der Waals surface area contributed by atoms with Gasteiger partial charge in [0, 0.05) is 17.4 Å². The van der Waals surface area contributed by atoms with E-state index in [0.29, 0.717) is 12.1 Å². The van der Waals surface area contributed by atoms with E-state index in [2.05, 4.69) is 15.6 Å². The van der Waals surface area contributed by atoms with Crippen LogP contribution in [-0.2, 0) is 6.42 Å². The molecular formula is C21H21N3O2. The van der Waals surface area contributed by atoms with Crippen LogP contribution in [0.4, 0.5) is 10.5 Å². The molecule has 132 valence electrons. The average molecular weight is 347 g/mol. The molecule has 0 bridgehead atoms. The van der Waals surface area contributed by atoms with Gasteiger partial charge in [0.1, 0.15) is 0 Å². The normalized spacial score (nSPS) is 11.6. The molecule has 1 atom stereocenters. The fourth-order valence-corrected chi connectivity index (χ4v) is 2.69. The Bertz CT molecular complexity index is 838. The Morgan fingerprint density at radius 3 is 2.38 bits per heavy atom. The van der Waals surface area contributed by atoms with Crippen LogP contribution in [0.5, 0.6) is 0 Å². The maximum absolute atomic E-state index is 12.3. The highest BCUT2D eigenvalue weighted by Gasteiger charge is 2.12. The van der Waals surface area contributed by atoms with Crippen molar-refractivity contribution in [1.29, 1.82) is 0 Å². The summed E-state index contributed by atoms with van der Waals surface area (Å²) in [6.45, 7) is -0.131. The third-order valence-corrected chi connectivity index (χ3v) is 3.97. The number of anilines is 1. The van der Waals surface area contributed by atoms with Gasteiger partial charge in [-0.2, -0.15) is 0 Å². The van der Waals surface area contributed by atoms with Crippen LogP contribution in [0.2, 0.25) is 0 Å². The van der Waals surface area contributed by atoms with Crippen LogP contribution in [0.3, 0.4) is 0 Å². The highest BCUT2D eigenvalue weighted by molar-refractivity contribution is 5.90. The number of rotatable bonds is 6. The number of benzene rings is 2. The third-order valence-electron chi connectivity index (χ3n) is 3.97. The van der Waals surface area contributed by atoms with Crippen molar-refractivity contribution in [2.45, 2.75) is 12.5 Å². The van der Waals surface area contributed by atoms with Crippen LogP contribution in [-0.4, -0.2) is 28.8 Å². The molecule has 0 saturated carbocycles. The zero-order chi connectivity index (χ0) is 18.2. The molecule has 0 aliphatic carbocycles. The Morgan fingerprint density at radius 2 is 1.69 bits per heavy atom. The number of carbonyl (C=O) groups excluding carboxylic acids is 1. The fourth-order valence-electron chi connectivity index (χ4n) is 2.69. The molecule has 0 aliphatic heterocycles. The van der Waals surface area contributed by atoms with Gasteiger partial charge in [-0.05, 0) is 24.1 Å². The van der Waals surface area contributed by atoms with Crippen LogP contribution in [0.25, 0.3) is 11.3 Å². The SMILES string of the molecule is O=C(Nc1ccnc(-c2ccccc2)c1)N[C@@H](CO)Cc1ccccc1. The summed E-state index contributed by atoms with van der Waals surface area (Å²) in [6.07, 6.45) is 2.22. The molecule has 3 rings (SSSR count). The molecular weight excluding hydrogens is 326 g/mol. The van der Waals surface area contributed by atoms with Gasteiger partial charge in [0.05, 0.1) is 18.3 Å². The maximum atomic E-state index is 12.3. The molecule has 26 heavy (non-hydrogen) atoms. The number of amides is 2. The Labute approximate surface area is 152 Å². The van der Waals surface area contributed by atoms with Crippen LogP contribution in [0.1, 0.15) is 5.56 Å². The van der Waals surface area contributed by atoms with E-state index < -0.39 is 0 Å². The number of carbonyl (C=O) groups is 1. The number of aliphatic hydroxyl groups is 1. The van der Waals surface area contributed by atoms with Crippen LogP contribution < -0.4 is 10.6 Å². The predicted octanol–water partition coefficient (Wildman–Crippen LogP) is 3.47. The van der Waals surface area contributed by atoms with E-state index in [-0.39, 0.29) is 18.7 Å². The number of urea groups is 1. The molecule has 0 saturated heterocycles. The molecule has 0 spiro atoms. The molecule has 3 aromatic rings. The van der Waals surface area contributed by atoms with E-state index in [1.807, 2.05) is 66.7 Å². The molecule has 0 radical (unpaired) electrons. The Hall–Kier alpha value is -3.18. The standard InChI is InChI=1S/C21H21N3O2/c25-15-19(13-16-7-3-1-4-8-16)24-21(26)23-18-11-12-22-20(14-18)17-9-5-2-6-10-17/h1-12,14,19,25H,13,15H2,(H2,22,23,24,26)/t19-/m1/s1. The quantitative estimate of drug-likeness (QED) is 0.639. The van der Waals surface area contributed by atoms with Gasteiger partial charge in [0.2, 0.25) is 0 Å². The number of nitrogens with zero attached hydrogens (tertiary/aromatic N) is 1. The number of pyridine rings is 1. The van der Waals surface area contributed by atoms with Crippen molar-refractivity contribution in [2.24, 2.45) is 0 Å². The van der Waals surface area contributed by atoms with Crippen molar-refractivity contribution in [3.8, 4) is 11.3 Å². The van der Waals surface area contributed by atoms with Crippen molar-refractivity contribution in [3.63, 3.8) is 0 Å². The summed E-state index contributed by atoms with van der Waals surface area (Å²) in [5.74, 6) is 0. The number of aromatic nitrogens is 1. The second-order valence-corrected chi connectivity index (χ2v) is 5.96. The summed E-state index contributed by atoms with van der Waals surface area (Å²) in [7, 11) is 0. The first-order valence-corrected chi connectivity index (χ1v) is 8.48. The van der Waals surface area contributed by atoms with Crippen LogP contribution >= 0.6 is 0 Å². The lowest BCUT2D eigenvalue weighted by Crippen LogP contribution is -2.41. The van der Waals surface area contributed by atoms with Crippen LogP contribution in [0.15, 0.2) is 79.0 Å². The van der Waals surface area contributed by atoms with Gasteiger partial charge in [-0.25, -0.2) is 4.79 Å². The lowest BCUT2D eigenvalue weighted by Gasteiger charge is -2.17. The van der Waals surface area contributed by atoms with E-state index >= 15 is 0 Å². The first-order chi connectivity index (χ1) is 12.7. The third kappa shape index (κ3) is 4.91. The first-order valence-electron chi connectivity index (χ1n) is 8.48. The molecule has 2 amide bonds. The molecule has 0 aliphatic rings. The molecule has 0 fully saturated rings. The van der Waals surface area contributed by atoms with Gasteiger partial charge in [-0.15, -0.1) is 0 Å². The largest absolute Gasteiger partial charge is 0.394 e. The minimum atomic E-state index is -0.356. The molecule has 1 heterocycles. The Kier molecular flexibility index (Phi) is 5.96. The van der Waals surface area contributed by atoms with Crippen molar-refractivity contribution in [1.82, 2.24) is 10.3 Å². The van der Waals surface area contributed by atoms with Crippen molar-refractivity contribution in [3.05, 3.63) is 84.6 Å². The van der Waals surface area contributed by atoms with Crippen molar-refractivity contribution < 1.29 is 9.90 Å². The summed E-state index contributed by atoms with van der Waals surface area (Å²) >= 11 is 0. The van der Waals surface area contributed by atoms with E-state index in [1.54, 1.807) is 12.3 Å². The average Bonchev–Trinajstić information content (AvgIpc) is 2.69. The Balaban J connectivity index is 1.62. The van der Waals surface area contributed by atoms with Crippen LogP contribution in [0, 0.1) is 0 Å². The second kappa shape index (κ2) is 8.78. The first kappa shape index (κ1) is 17.6. The summed E-state index contributed by atoms with van der Waals surface area (Å²) in [6, 6.07) is 22.4. The molecule has 3 N–H and O–H groups in total. The lowest BCUT2D eigenvalue weighted by atomic mass is 10.1. The number of hydrogen-bond donors (Lipinski definition) is 3. The smallest absolute Gasteiger partial charge is 0.319 e. The van der Waals surface area contributed by atoms with E-state index in [1.165, 1.54) is 0 Å². The van der Waals surface area contributed by atoms with Gasteiger partial charge in [0.15, 0.2) is 0 Å². The van der Waals surface area contributed by atoms with Gasteiger partial charge in [-0.1, -0.05) is 60.7 Å². The predicted molar refractivity (Wildman–Crippen MR) is 103 cm³/mol. The van der Waals surface area contributed by atoms with Crippen molar-refractivity contribution in [2.75, 3.05) is 11.9 Å².